The number of carbonyl (C=O) groups is 2. The average Bonchev–Trinajstić information content (AvgIpc) is 3.22. The molecule has 0 fully saturated rings. The van der Waals surface area contributed by atoms with Gasteiger partial charge in [0.05, 0.1) is 18.2 Å². The molecule has 1 aromatic heterocycles. The summed E-state index contributed by atoms with van der Waals surface area (Å²) in [7, 11) is 0. The minimum absolute atomic E-state index is 0.209. The molecule has 2 aromatic rings. The topological polar surface area (TPSA) is 127 Å². The van der Waals surface area contributed by atoms with Crippen LogP contribution in [0.5, 0.6) is 0 Å². The molecule has 1 atom stereocenters. The van der Waals surface area contributed by atoms with Gasteiger partial charge in [0.1, 0.15) is 23.2 Å². The van der Waals surface area contributed by atoms with Crippen LogP contribution in [0.4, 0.5) is 16.2 Å². The number of aromatic nitrogens is 2. The lowest BCUT2D eigenvalue weighted by molar-refractivity contribution is -0.124. The lowest BCUT2D eigenvalue weighted by Crippen LogP contribution is -2.36. The van der Waals surface area contributed by atoms with E-state index in [2.05, 4.69) is 25.9 Å². The van der Waals surface area contributed by atoms with Crippen molar-refractivity contribution in [3.63, 3.8) is 0 Å². The number of hydrogen-bond donors (Lipinski definition) is 3. The Morgan fingerprint density at radius 2 is 2.00 bits per heavy atom. The highest BCUT2D eigenvalue weighted by molar-refractivity contribution is 5.83. The molecule has 2 heterocycles. The maximum absolute atomic E-state index is 12.8. The molecule has 1 aliphatic rings. The van der Waals surface area contributed by atoms with Gasteiger partial charge in [-0.25, -0.2) is 14.8 Å². The first-order valence-electron chi connectivity index (χ1n) is 11.4. The molecule has 3 rings (SSSR count). The molecule has 0 aliphatic carbocycles. The number of benzene rings is 1. The van der Waals surface area contributed by atoms with Crippen LogP contribution >= 0.6 is 0 Å². The zero-order valence-electron chi connectivity index (χ0n) is 20.1. The largest absolute Gasteiger partial charge is 0.444 e. The van der Waals surface area contributed by atoms with E-state index in [9.17, 15) is 14.4 Å². The van der Waals surface area contributed by atoms with Crippen molar-refractivity contribution < 1.29 is 14.3 Å². The number of nitrogens with zero attached hydrogens (tertiary/aromatic N) is 3. The predicted molar refractivity (Wildman–Crippen MR) is 130 cm³/mol. The van der Waals surface area contributed by atoms with Crippen LogP contribution in [0.1, 0.15) is 58.0 Å². The van der Waals surface area contributed by atoms with E-state index < -0.39 is 17.7 Å². The van der Waals surface area contributed by atoms with E-state index in [0.29, 0.717) is 43.1 Å². The summed E-state index contributed by atoms with van der Waals surface area (Å²) in [5.74, 6) is 0.424. The predicted octanol–water partition coefficient (Wildman–Crippen LogP) is 3.05. The maximum Gasteiger partial charge on any atom is 0.412 e. The average molecular weight is 469 g/mol. The molecule has 0 unspecified atom stereocenters. The van der Waals surface area contributed by atoms with Crippen molar-refractivity contribution in [1.82, 2.24) is 20.2 Å². The molecule has 1 aromatic carbocycles. The lowest BCUT2D eigenvalue weighted by Gasteiger charge is -2.18. The molecule has 182 valence electrons. The van der Waals surface area contributed by atoms with E-state index in [1.165, 1.54) is 10.9 Å². The summed E-state index contributed by atoms with van der Waals surface area (Å²) < 4.78 is 6.64. The van der Waals surface area contributed by atoms with E-state index in [1.807, 2.05) is 19.1 Å². The number of carbonyl (C=O) groups excluding carboxylic acids is 2. The normalized spacial score (nSPS) is 15.1. The minimum atomic E-state index is -0.580. The summed E-state index contributed by atoms with van der Waals surface area (Å²) in [4.78, 5) is 45.8. The van der Waals surface area contributed by atoms with Crippen LogP contribution in [0.2, 0.25) is 0 Å². The van der Waals surface area contributed by atoms with E-state index >= 15 is 0 Å². The van der Waals surface area contributed by atoms with Gasteiger partial charge < -0.3 is 15.4 Å². The fraction of sp³-hybridized carbons (Fsp3) is 0.458. The number of amides is 2. The van der Waals surface area contributed by atoms with Gasteiger partial charge in [-0.2, -0.15) is 0 Å². The molecule has 34 heavy (non-hydrogen) atoms. The van der Waals surface area contributed by atoms with Gasteiger partial charge in [-0.15, -0.1) is 0 Å². The van der Waals surface area contributed by atoms with Crippen molar-refractivity contribution >= 4 is 29.7 Å². The van der Waals surface area contributed by atoms with Crippen LogP contribution in [-0.4, -0.2) is 40.0 Å². The molecule has 3 N–H and O–H groups in total. The summed E-state index contributed by atoms with van der Waals surface area (Å²) in [5, 5.41) is 8.44. The number of rotatable bonds is 8. The Morgan fingerprint density at radius 1 is 1.26 bits per heavy atom. The van der Waals surface area contributed by atoms with Gasteiger partial charge in [-0.05, 0) is 51.3 Å². The highest BCUT2D eigenvalue weighted by atomic mass is 16.6. The molecular weight excluding hydrogens is 436 g/mol. The van der Waals surface area contributed by atoms with Gasteiger partial charge in [0.2, 0.25) is 5.91 Å². The maximum atomic E-state index is 12.8. The SMILES string of the molecule is CCCNc1cnc2n(c1=O)[C@H](C(=O)NCc1ccc(/N=C/NC(=O)OC(C)(C)C)cc1)CC2. The summed E-state index contributed by atoms with van der Waals surface area (Å²) in [6, 6.07) is 6.66. The monoisotopic (exact) mass is 468 g/mol. The first-order valence-corrected chi connectivity index (χ1v) is 11.4. The number of fused-ring (bicyclic) bond motifs is 1. The summed E-state index contributed by atoms with van der Waals surface area (Å²) in [6.07, 6.45) is 4.27. The van der Waals surface area contributed by atoms with Crippen molar-refractivity contribution in [3.05, 3.63) is 52.2 Å². The van der Waals surface area contributed by atoms with Crippen LogP contribution in [0.15, 0.2) is 40.2 Å². The number of hydrogen-bond acceptors (Lipinski definition) is 7. The zero-order chi connectivity index (χ0) is 24.7. The Kier molecular flexibility index (Phi) is 8.04. The van der Waals surface area contributed by atoms with E-state index in [-0.39, 0.29) is 11.5 Å². The van der Waals surface area contributed by atoms with Gasteiger partial charge in [0.25, 0.3) is 5.56 Å². The van der Waals surface area contributed by atoms with Crippen molar-refractivity contribution in [1.29, 1.82) is 0 Å². The number of alkyl carbamates (subject to hydrolysis) is 1. The quantitative estimate of drug-likeness (QED) is 0.404. The van der Waals surface area contributed by atoms with Crippen molar-refractivity contribution in [2.75, 3.05) is 11.9 Å². The summed E-state index contributed by atoms with van der Waals surface area (Å²) in [5.41, 5.74) is 1.15. The molecule has 0 spiro atoms. The Morgan fingerprint density at radius 3 is 2.68 bits per heavy atom. The molecule has 10 heteroatoms. The number of nitrogens with one attached hydrogen (secondary N) is 3. The van der Waals surface area contributed by atoms with Gasteiger partial charge in [-0.3, -0.25) is 19.5 Å². The standard InChI is InChI=1S/C24H32N6O4/c1-5-12-25-18-14-26-20-11-10-19(30(20)22(18)32)21(31)27-13-16-6-8-17(9-7-16)28-15-29-23(33)34-24(2,3)4/h6-9,14-15,19,25H,5,10-13H2,1-4H3,(H,27,31)(H,28,29,33)/t19-/m0/s1. The second-order valence-electron chi connectivity index (χ2n) is 9.03. The zero-order valence-corrected chi connectivity index (χ0v) is 20.1. The van der Waals surface area contributed by atoms with Crippen LogP contribution in [0.3, 0.4) is 0 Å². The molecule has 0 bridgehead atoms. The second-order valence-corrected chi connectivity index (χ2v) is 9.03. The number of aliphatic imine (C=N–C) groups is 1. The molecule has 0 saturated carbocycles. The lowest BCUT2D eigenvalue weighted by atomic mass is 10.1. The third-order valence-electron chi connectivity index (χ3n) is 5.09. The molecule has 0 saturated heterocycles. The fourth-order valence-corrected chi connectivity index (χ4v) is 3.51. The van der Waals surface area contributed by atoms with Crippen LogP contribution in [-0.2, 0) is 22.5 Å². The smallest absolute Gasteiger partial charge is 0.412 e. The van der Waals surface area contributed by atoms with Gasteiger partial charge in [0.15, 0.2) is 0 Å². The minimum Gasteiger partial charge on any atom is -0.444 e. The van der Waals surface area contributed by atoms with Gasteiger partial charge in [-0.1, -0.05) is 19.1 Å². The molecule has 1 aliphatic heterocycles. The van der Waals surface area contributed by atoms with Crippen LogP contribution in [0, 0.1) is 0 Å². The van der Waals surface area contributed by atoms with Crippen molar-refractivity contribution in [2.45, 2.75) is 65.1 Å². The van der Waals surface area contributed by atoms with Crippen molar-refractivity contribution in [2.24, 2.45) is 4.99 Å². The Labute approximate surface area is 198 Å². The van der Waals surface area contributed by atoms with E-state index in [0.717, 1.165) is 12.0 Å². The Bertz CT molecular complexity index is 1100. The number of anilines is 1. The van der Waals surface area contributed by atoms with Crippen LogP contribution < -0.4 is 21.5 Å². The Balaban J connectivity index is 1.55. The molecule has 2 amide bonds. The fourth-order valence-electron chi connectivity index (χ4n) is 3.51. The first kappa shape index (κ1) is 24.9. The summed E-state index contributed by atoms with van der Waals surface area (Å²) in [6.45, 7) is 8.35. The first-order chi connectivity index (χ1) is 16.2. The third kappa shape index (κ3) is 6.66. The van der Waals surface area contributed by atoms with E-state index in [1.54, 1.807) is 39.1 Å². The molecular formula is C24H32N6O4. The second kappa shape index (κ2) is 11.0. The molecule has 0 radical (unpaired) electrons. The third-order valence-corrected chi connectivity index (χ3v) is 5.09. The highest BCUT2D eigenvalue weighted by Gasteiger charge is 2.30. The van der Waals surface area contributed by atoms with Crippen molar-refractivity contribution in [3.8, 4) is 0 Å². The summed E-state index contributed by atoms with van der Waals surface area (Å²) >= 11 is 0. The van der Waals surface area contributed by atoms with Gasteiger partial charge in [0, 0.05) is 19.5 Å². The van der Waals surface area contributed by atoms with Gasteiger partial charge >= 0.3 is 6.09 Å². The highest BCUT2D eigenvalue weighted by Crippen LogP contribution is 2.23. The number of aryl methyl sites for hydroxylation is 1. The molecule has 10 nitrogen and oxygen atoms in total. The van der Waals surface area contributed by atoms with Crippen LogP contribution in [0.25, 0.3) is 0 Å². The number of ether oxygens (including phenoxy) is 1. The van der Waals surface area contributed by atoms with E-state index in [4.69, 9.17) is 4.74 Å². The Hall–Kier alpha value is -3.69.